The molecule has 36 heavy (non-hydrogen) atoms. The molecule has 0 spiro atoms. The van der Waals surface area contributed by atoms with Crippen LogP contribution in [0.5, 0.6) is 5.75 Å². The molecule has 0 radical (unpaired) electrons. The summed E-state index contributed by atoms with van der Waals surface area (Å²) >= 11 is 0. The second kappa shape index (κ2) is 11.2. The van der Waals surface area contributed by atoms with Crippen molar-refractivity contribution in [2.24, 2.45) is 0 Å². The number of carbonyl (C=O) groups excluding carboxylic acids is 1. The molecule has 1 unspecified atom stereocenters. The Bertz CT molecular complexity index is 1390. The number of aryl methyl sites for hydroxylation is 1. The van der Waals surface area contributed by atoms with Gasteiger partial charge in [-0.25, -0.2) is 4.98 Å². The van der Waals surface area contributed by atoms with Crippen LogP contribution in [-0.2, 0) is 0 Å². The molecule has 0 aliphatic heterocycles. The average molecular weight is 484 g/mol. The number of hydrogen-bond donors (Lipinski definition) is 0. The molecule has 1 amide bonds. The lowest BCUT2D eigenvalue weighted by molar-refractivity contribution is 0.0659. The molecule has 1 aromatic heterocycles. The number of rotatable bonds is 9. The number of hydrogen-bond acceptors (Lipinski definition) is 4. The first kappa shape index (κ1) is 25.2. The van der Waals surface area contributed by atoms with Crippen molar-refractivity contribution >= 4 is 16.8 Å². The van der Waals surface area contributed by atoms with Crippen LogP contribution in [0.15, 0.2) is 77.6 Å². The second-order valence-electron chi connectivity index (χ2n) is 8.84. The van der Waals surface area contributed by atoms with E-state index in [4.69, 9.17) is 9.72 Å². The lowest BCUT2D eigenvalue weighted by atomic mass is 10.1. The molecule has 0 aliphatic rings. The molecule has 186 valence electrons. The van der Waals surface area contributed by atoms with Gasteiger partial charge in [0, 0.05) is 12.1 Å². The highest BCUT2D eigenvalue weighted by molar-refractivity contribution is 5.94. The molecule has 4 aromatic rings. The summed E-state index contributed by atoms with van der Waals surface area (Å²) in [5, 5.41) is 0.539. The fourth-order valence-electron chi connectivity index (χ4n) is 4.53. The van der Waals surface area contributed by atoms with Gasteiger partial charge >= 0.3 is 0 Å². The third kappa shape index (κ3) is 5.03. The predicted octanol–water partition coefficient (Wildman–Crippen LogP) is 6.10. The van der Waals surface area contributed by atoms with E-state index in [0.29, 0.717) is 47.6 Å². The monoisotopic (exact) mass is 483 g/mol. The van der Waals surface area contributed by atoms with Gasteiger partial charge in [-0.05, 0) is 75.2 Å². The van der Waals surface area contributed by atoms with Crippen molar-refractivity contribution in [3.05, 3.63) is 100 Å². The predicted molar refractivity (Wildman–Crippen MR) is 144 cm³/mol. The topological polar surface area (TPSA) is 64.4 Å². The minimum absolute atomic E-state index is 0.0654. The van der Waals surface area contributed by atoms with Crippen molar-refractivity contribution in [1.82, 2.24) is 14.5 Å². The van der Waals surface area contributed by atoms with Gasteiger partial charge in [0.1, 0.15) is 11.6 Å². The summed E-state index contributed by atoms with van der Waals surface area (Å²) in [5.41, 5.74) is 2.88. The van der Waals surface area contributed by atoms with Crippen molar-refractivity contribution in [1.29, 1.82) is 0 Å². The smallest absolute Gasteiger partial charge is 0.266 e. The molecule has 6 heteroatoms. The summed E-state index contributed by atoms with van der Waals surface area (Å²) in [5.74, 6) is 1.22. The van der Waals surface area contributed by atoms with Gasteiger partial charge in [0.05, 0.1) is 29.2 Å². The molecule has 0 saturated heterocycles. The Kier molecular flexibility index (Phi) is 7.84. The molecule has 0 saturated carbocycles. The molecule has 0 N–H and O–H groups in total. The Balaban J connectivity index is 1.90. The van der Waals surface area contributed by atoms with Gasteiger partial charge in [-0.15, -0.1) is 0 Å². The highest BCUT2D eigenvalue weighted by Gasteiger charge is 2.29. The largest absolute Gasteiger partial charge is 0.494 e. The Morgan fingerprint density at radius 1 is 0.972 bits per heavy atom. The van der Waals surface area contributed by atoms with Gasteiger partial charge in [0.25, 0.3) is 11.5 Å². The number of ether oxygens (including phenoxy) is 1. The number of amides is 1. The SMILES string of the molecule is CCCN(C(=O)c1ccc(C)cc1)C(CC)c1nc2ccccc2c(=O)n1-c1ccc(OCC)cc1. The average Bonchev–Trinajstić information content (AvgIpc) is 2.90. The number of carbonyl (C=O) groups is 1. The van der Waals surface area contributed by atoms with Gasteiger partial charge in [0.2, 0.25) is 0 Å². The minimum atomic E-state index is -0.386. The lowest BCUT2D eigenvalue weighted by Gasteiger charge is -2.32. The van der Waals surface area contributed by atoms with Crippen molar-refractivity contribution in [2.45, 2.75) is 46.6 Å². The van der Waals surface area contributed by atoms with E-state index in [1.165, 1.54) is 0 Å². The van der Waals surface area contributed by atoms with E-state index in [1.807, 2.05) is 92.4 Å². The molecule has 6 nitrogen and oxygen atoms in total. The van der Waals surface area contributed by atoms with Crippen LogP contribution in [-0.4, -0.2) is 33.5 Å². The van der Waals surface area contributed by atoms with E-state index in [-0.39, 0.29) is 17.5 Å². The molecule has 3 aromatic carbocycles. The lowest BCUT2D eigenvalue weighted by Crippen LogP contribution is -2.39. The quantitative estimate of drug-likeness (QED) is 0.289. The number of benzene rings is 3. The highest BCUT2D eigenvalue weighted by Crippen LogP contribution is 2.28. The summed E-state index contributed by atoms with van der Waals surface area (Å²) in [6.07, 6.45) is 1.40. The van der Waals surface area contributed by atoms with Crippen molar-refractivity contribution in [2.75, 3.05) is 13.2 Å². The summed E-state index contributed by atoms with van der Waals surface area (Å²) < 4.78 is 7.25. The van der Waals surface area contributed by atoms with E-state index in [9.17, 15) is 9.59 Å². The van der Waals surface area contributed by atoms with E-state index < -0.39 is 0 Å². The van der Waals surface area contributed by atoms with Crippen LogP contribution < -0.4 is 10.3 Å². The normalized spacial score (nSPS) is 11.9. The van der Waals surface area contributed by atoms with E-state index >= 15 is 0 Å². The Morgan fingerprint density at radius 3 is 2.31 bits per heavy atom. The fraction of sp³-hybridized carbons (Fsp3) is 0.300. The summed E-state index contributed by atoms with van der Waals surface area (Å²) in [7, 11) is 0. The molecule has 1 heterocycles. The van der Waals surface area contributed by atoms with Crippen LogP contribution in [0.3, 0.4) is 0 Å². The molecule has 1 atom stereocenters. The number of para-hydroxylation sites is 1. The van der Waals surface area contributed by atoms with Crippen LogP contribution in [0.2, 0.25) is 0 Å². The van der Waals surface area contributed by atoms with Gasteiger partial charge < -0.3 is 9.64 Å². The maximum atomic E-state index is 13.8. The van der Waals surface area contributed by atoms with Gasteiger partial charge in [0.15, 0.2) is 0 Å². The zero-order valence-electron chi connectivity index (χ0n) is 21.4. The molecular weight excluding hydrogens is 450 g/mol. The van der Waals surface area contributed by atoms with Crippen molar-refractivity contribution in [3.8, 4) is 11.4 Å². The third-order valence-corrected chi connectivity index (χ3v) is 6.29. The first-order valence-electron chi connectivity index (χ1n) is 12.6. The first-order valence-corrected chi connectivity index (χ1v) is 12.6. The Hall–Kier alpha value is -3.93. The van der Waals surface area contributed by atoms with Crippen molar-refractivity contribution in [3.63, 3.8) is 0 Å². The zero-order chi connectivity index (χ0) is 25.7. The molecule has 0 aliphatic carbocycles. The van der Waals surface area contributed by atoms with Gasteiger partial charge in [-0.1, -0.05) is 43.7 Å². The van der Waals surface area contributed by atoms with Crippen LogP contribution in [0, 0.1) is 6.92 Å². The van der Waals surface area contributed by atoms with Crippen LogP contribution in [0.4, 0.5) is 0 Å². The Morgan fingerprint density at radius 2 is 1.67 bits per heavy atom. The Labute approximate surface area is 212 Å². The van der Waals surface area contributed by atoms with Crippen LogP contribution in [0.25, 0.3) is 16.6 Å². The van der Waals surface area contributed by atoms with E-state index in [2.05, 4.69) is 6.92 Å². The third-order valence-electron chi connectivity index (χ3n) is 6.29. The molecule has 4 rings (SSSR count). The molecule has 0 bridgehead atoms. The summed E-state index contributed by atoms with van der Waals surface area (Å²) in [4.78, 5) is 34.4. The van der Waals surface area contributed by atoms with E-state index in [1.54, 1.807) is 10.6 Å². The standard InChI is InChI=1S/C30H33N3O3/c1-5-20-32(29(34)22-14-12-21(4)13-15-22)27(6-2)28-31-26-11-9-8-10-25(26)30(35)33(28)23-16-18-24(19-17-23)36-7-3/h8-19,27H,5-7,20H2,1-4H3. The highest BCUT2D eigenvalue weighted by atomic mass is 16.5. The number of nitrogens with zero attached hydrogens (tertiary/aromatic N) is 3. The maximum absolute atomic E-state index is 13.8. The van der Waals surface area contributed by atoms with Crippen LogP contribution in [0.1, 0.15) is 61.4 Å². The van der Waals surface area contributed by atoms with Crippen LogP contribution >= 0.6 is 0 Å². The first-order chi connectivity index (χ1) is 17.5. The number of aromatic nitrogens is 2. The second-order valence-corrected chi connectivity index (χ2v) is 8.84. The molecule has 0 fully saturated rings. The number of fused-ring (bicyclic) bond motifs is 1. The summed E-state index contributed by atoms with van der Waals surface area (Å²) in [6, 6.07) is 22.0. The summed E-state index contributed by atoms with van der Waals surface area (Å²) in [6.45, 7) is 9.13. The molecular formula is C30H33N3O3. The van der Waals surface area contributed by atoms with Gasteiger partial charge in [-0.3, -0.25) is 14.2 Å². The van der Waals surface area contributed by atoms with Crippen molar-refractivity contribution < 1.29 is 9.53 Å². The van der Waals surface area contributed by atoms with E-state index in [0.717, 1.165) is 17.7 Å². The zero-order valence-corrected chi connectivity index (χ0v) is 21.4. The fourth-order valence-corrected chi connectivity index (χ4v) is 4.53. The maximum Gasteiger partial charge on any atom is 0.266 e. The minimum Gasteiger partial charge on any atom is -0.494 e. The van der Waals surface area contributed by atoms with Gasteiger partial charge in [-0.2, -0.15) is 0 Å².